The lowest BCUT2D eigenvalue weighted by Crippen LogP contribution is -2.28. The standard InChI is InChI=1S/C34H34N4O4S/c1-42-28-11-8-12-29(22-28)43(40,41)37-27-17-18-31-30(21-27)32(34(39)36-31)33(25-9-4-2-5-10-25)35-26-15-13-24(14-16-26)23-38-19-6-3-7-20-38/h2,4-5,8-18,21-22,32,37H,3,6-7,19-20,23H2,1H3,(H,36,39). The van der Waals surface area contributed by atoms with Gasteiger partial charge >= 0.3 is 0 Å². The van der Waals surface area contributed by atoms with Gasteiger partial charge in [0.2, 0.25) is 5.91 Å². The van der Waals surface area contributed by atoms with Crippen LogP contribution in [0, 0.1) is 0 Å². The summed E-state index contributed by atoms with van der Waals surface area (Å²) >= 11 is 0. The SMILES string of the molecule is COc1cccc(S(=O)(=O)Nc2ccc3c(c2)C(C(=Nc2ccc(CN4CCCCC4)cc2)c2ccccc2)C(=O)N3)c1. The first-order valence-electron chi connectivity index (χ1n) is 14.5. The summed E-state index contributed by atoms with van der Waals surface area (Å²) in [6.45, 7) is 3.18. The Morgan fingerprint density at radius 1 is 0.930 bits per heavy atom. The normalized spacial score (nSPS) is 17.3. The molecule has 2 heterocycles. The molecule has 0 bridgehead atoms. The van der Waals surface area contributed by atoms with Gasteiger partial charge in [0, 0.05) is 24.0 Å². The molecule has 4 aromatic rings. The van der Waals surface area contributed by atoms with E-state index in [1.54, 1.807) is 30.3 Å². The summed E-state index contributed by atoms with van der Waals surface area (Å²) in [7, 11) is -2.41. The number of amides is 1. The molecule has 43 heavy (non-hydrogen) atoms. The number of rotatable bonds is 9. The first-order valence-corrected chi connectivity index (χ1v) is 15.9. The number of nitrogens with zero attached hydrogens (tertiary/aromatic N) is 2. The Kier molecular flexibility index (Phi) is 8.26. The average molecular weight is 595 g/mol. The van der Waals surface area contributed by atoms with Crippen molar-refractivity contribution in [1.29, 1.82) is 0 Å². The number of carbonyl (C=O) groups is 1. The molecule has 1 atom stereocenters. The van der Waals surface area contributed by atoms with Crippen LogP contribution >= 0.6 is 0 Å². The highest BCUT2D eigenvalue weighted by Gasteiger charge is 2.36. The Hall–Kier alpha value is -4.47. The molecule has 0 saturated carbocycles. The van der Waals surface area contributed by atoms with Crippen molar-refractivity contribution < 1.29 is 17.9 Å². The first-order chi connectivity index (χ1) is 20.9. The lowest BCUT2D eigenvalue weighted by Gasteiger charge is -2.26. The van der Waals surface area contributed by atoms with Crippen LogP contribution in [0.25, 0.3) is 0 Å². The Morgan fingerprint density at radius 2 is 1.70 bits per heavy atom. The van der Waals surface area contributed by atoms with E-state index < -0.39 is 15.9 Å². The predicted molar refractivity (Wildman–Crippen MR) is 170 cm³/mol. The highest BCUT2D eigenvalue weighted by atomic mass is 32.2. The van der Waals surface area contributed by atoms with E-state index in [0.29, 0.717) is 28.4 Å². The third-order valence-electron chi connectivity index (χ3n) is 7.87. The molecule has 2 N–H and O–H groups in total. The Bertz CT molecular complexity index is 1750. The van der Waals surface area contributed by atoms with Crippen molar-refractivity contribution in [3.63, 3.8) is 0 Å². The van der Waals surface area contributed by atoms with Crippen molar-refractivity contribution in [2.24, 2.45) is 4.99 Å². The second-order valence-corrected chi connectivity index (χ2v) is 12.6. The quantitative estimate of drug-likeness (QED) is 0.220. The number of hydrogen-bond acceptors (Lipinski definition) is 6. The molecule has 9 heteroatoms. The number of ether oxygens (including phenoxy) is 1. The minimum absolute atomic E-state index is 0.0772. The molecule has 8 nitrogen and oxygen atoms in total. The molecule has 6 rings (SSSR count). The average Bonchev–Trinajstić information content (AvgIpc) is 3.36. The fourth-order valence-electron chi connectivity index (χ4n) is 5.67. The molecule has 1 unspecified atom stereocenters. The lowest BCUT2D eigenvalue weighted by atomic mass is 9.90. The first kappa shape index (κ1) is 28.6. The summed E-state index contributed by atoms with van der Waals surface area (Å²) in [6.07, 6.45) is 3.80. The zero-order valence-electron chi connectivity index (χ0n) is 24.0. The maximum absolute atomic E-state index is 13.5. The van der Waals surface area contributed by atoms with Crippen LogP contribution in [0.15, 0.2) is 107 Å². The van der Waals surface area contributed by atoms with E-state index in [-0.39, 0.29) is 10.8 Å². The number of likely N-dealkylation sites (tertiary alicyclic amines) is 1. The van der Waals surface area contributed by atoms with Crippen molar-refractivity contribution >= 4 is 38.7 Å². The number of aliphatic imine (C=N–C) groups is 1. The summed E-state index contributed by atoms with van der Waals surface area (Å²) in [5.74, 6) is -0.506. The predicted octanol–water partition coefficient (Wildman–Crippen LogP) is 6.34. The number of fused-ring (bicyclic) bond motifs is 1. The molecule has 1 fully saturated rings. The molecular weight excluding hydrogens is 560 g/mol. The zero-order chi connectivity index (χ0) is 29.8. The van der Waals surface area contributed by atoms with E-state index in [0.717, 1.165) is 30.9 Å². The Morgan fingerprint density at radius 3 is 2.44 bits per heavy atom. The molecule has 2 aliphatic rings. The second kappa shape index (κ2) is 12.4. The van der Waals surface area contributed by atoms with Gasteiger partial charge in [0.1, 0.15) is 11.7 Å². The molecule has 0 radical (unpaired) electrons. The van der Waals surface area contributed by atoms with E-state index in [4.69, 9.17) is 9.73 Å². The maximum atomic E-state index is 13.5. The molecular formula is C34H34N4O4S. The van der Waals surface area contributed by atoms with Crippen molar-refractivity contribution in [3.8, 4) is 5.75 Å². The summed E-state index contributed by atoms with van der Waals surface area (Å²) in [6, 6.07) is 29.1. The molecule has 4 aromatic carbocycles. The van der Waals surface area contributed by atoms with Gasteiger partial charge in [-0.1, -0.05) is 55.0 Å². The highest BCUT2D eigenvalue weighted by molar-refractivity contribution is 7.92. The summed E-state index contributed by atoms with van der Waals surface area (Å²) < 4.78 is 34.2. The van der Waals surface area contributed by atoms with Crippen LogP contribution in [-0.4, -0.2) is 45.1 Å². The summed E-state index contributed by atoms with van der Waals surface area (Å²) in [4.78, 5) is 21.0. The summed E-state index contributed by atoms with van der Waals surface area (Å²) in [5.41, 5.74) is 5.01. The maximum Gasteiger partial charge on any atom is 0.262 e. The van der Waals surface area contributed by atoms with Gasteiger partial charge in [-0.05, 0) is 85.1 Å². The molecule has 0 aliphatic carbocycles. The smallest absolute Gasteiger partial charge is 0.262 e. The largest absolute Gasteiger partial charge is 0.497 e. The van der Waals surface area contributed by atoms with Crippen LogP contribution in [0.1, 0.15) is 41.9 Å². The molecule has 0 aromatic heterocycles. The number of methoxy groups -OCH3 is 1. The number of benzene rings is 4. The van der Waals surface area contributed by atoms with Crippen molar-refractivity contribution in [2.45, 2.75) is 36.6 Å². The van der Waals surface area contributed by atoms with Gasteiger partial charge in [-0.25, -0.2) is 8.42 Å². The fraction of sp³-hybridized carbons (Fsp3) is 0.235. The van der Waals surface area contributed by atoms with Crippen molar-refractivity contribution in [1.82, 2.24) is 4.90 Å². The van der Waals surface area contributed by atoms with Crippen molar-refractivity contribution in [2.75, 3.05) is 30.2 Å². The number of anilines is 2. The van der Waals surface area contributed by atoms with Gasteiger partial charge in [0.15, 0.2) is 0 Å². The van der Waals surface area contributed by atoms with Crippen LogP contribution < -0.4 is 14.8 Å². The van der Waals surface area contributed by atoms with Crippen LogP contribution in [0.5, 0.6) is 5.75 Å². The number of hydrogen-bond donors (Lipinski definition) is 2. The van der Waals surface area contributed by atoms with Crippen LogP contribution in [-0.2, 0) is 21.4 Å². The van der Waals surface area contributed by atoms with E-state index in [2.05, 4.69) is 27.1 Å². The lowest BCUT2D eigenvalue weighted by molar-refractivity contribution is -0.115. The summed E-state index contributed by atoms with van der Waals surface area (Å²) in [5, 5.41) is 2.96. The van der Waals surface area contributed by atoms with Crippen molar-refractivity contribution in [3.05, 3.63) is 114 Å². The number of nitrogens with one attached hydrogen (secondary N) is 2. The second-order valence-electron chi connectivity index (χ2n) is 10.9. The topological polar surface area (TPSA) is 100 Å². The number of piperidine rings is 1. The minimum atomic E-state index is -3.90. The van der Waals surface area contributed by atoms with Crippen LogP contribution in [0.3, 0.4) is 0 Å². The molecule has 1 saturated heterocycles. The van der Waals surface area contributed by atoms with Gasteiger partial charge in [0.05, 0.1) is 23.4 Å². The fourth-order valence-corrected chi connectivity index (χ4v) is 6.76. The van der Waals surface area contributed by atoms with Gasteiger partial charge < -0.3 is 10.1 Å². The molecule has 2 aliphatic heterocycles. The zero-order valence-corrected chi connectivity index (χ0v) is 24.8. The van der Waals surface area contributed by atoms with Crippen LogP contribution in [0.4, 0.5) is 17.1 Å². The molecule has 1 amide bonds. The van der Waals surface area contributed by atoms with Gasteiger partial charge in [-0.2, -0.15) is 0 Å². The van der Waals surface area contributed by atoms with E-state index >= 15 is 0 Å². The van der Waals surface area contributed by atoms with E-state index in [1.165, 1.54) is 44.1 Å². The van der Waals surface area contributed by atoms with Gasteiger partial charge in [0.25, 0.3) is 10.0 Å². The van der Waals surface area contributed by atoms with E-state index in [1.807, 2.05) is 42.5 Å². The monoisotopic (exact) mass is 594 g/mol. The van der Waals surface area contributed by atoms with Gasteiger partial charge in [-0.3, -0.25) is 19.4 Å². The van der Waals surface area contributed by atoms with Crippen LogP contribution in [0.2, 0.25) is 0 Å². The number of sulfonamides is 1. The minimum Gasteiger partial charge on any atom is -0.497 e. The molecule has 220 valence electrons. The Balaban J connectivity index is 1.32. The number of carbonyl (C=O) groups excluding carboxylic acids is 1. The highest BCUT2D eigenvalue weighted by Crippen LogP contribution is 2.38. The third-order valence-corrected chi connectivity index (χ3v) is 9.25. The Labute approximate surface area is 252 Å². The third kappa shape index (κ3) is 6.48. The van der Waals surface area contributed by atoms with Gasteiger partial charge in [-0.15, -0.1) is 0 Å². The molecule has 0 spiro atoms. The van der Waals surface area contributed by atoms with E-state index in [9.17, 15) is 13.2 Å².